The maximum Gasteiger partial charge on any atom is 0.271 e. The Morgan fingerprint density at radius 3 is 2.39 bits per heavy atom. The highest BCUT2D eigenvalue weighted by Gasteiger charge is 2.30. The predicted molar refractivity (Wildman–Crippen MR) is 153 cm³/mol. The number of hydrogen-bond donors (Lipinski definition) is 1. The number of carbonyl (C=O) groups is 1. The van der Waals surface area contributed by atoms with E-state index in [1.54, 1.807) is 30.7 Å². The zero-order valence-electron chi connectivity index (χ0n) is 20.6. The highest BCUT2D eigenvalue weighted by Crippen LogP contribution is 2.39. The fourth-order valence-electron chi connectivity index (χ4n) is 4.78. The third kappa shape index (κ3) is 4.80. The molecular weight excluding hydrogens is 470 g/mol. The first-order chi connectivity index (χ1) is 18.8. The largest absolute Gasteiger partial charge is 0.271 e. The summed E-state index contributed by atoms with van der Waals surface area (Å²) in [6.45, 7) is 0. The van der Waals surface area contributed by atoms with Gasteiger partial charge in [-0.3, -0.25) is 14.8 Å². The summed E-state index contributed by atoms with van der Waals surface area (Å²) in [7, 11) is 0. The predicted octanol–water partition coefficient (Wildman–Crippen LogP) is 6.35. The molecule has 1 aromatic heterocycles. The first kappa shape index (κ1) is 23.3. The van der Waals surface area contributed by atoms with Gasteiger partial charge in [-0.2, -0.15) is 10.2 Å². The lowest BCUT2D eigenvalue weighted by molar-refractivity contribution is 0.0955. The molecule has 6 nitrogen and oxygen atoms in total. The van der Waals surface area contributed by atoms with E-state index in [0.717, 1.165) is 28.9 Å². The van der Waals surface area contributed by atoms with Crippen molar-refractivity contribution in [2.45, 2.75) is 12.5 Å². The summed E-state index contributed by atoms with van der Waals surface area (Å²) in [5.41, 5.74) is 8.38. The summed E-state index contributed by atoms with van der Waals surface area (Å²) in [6, 6.07) is 36.7. The van der Waals surface area contributed by atoms with E-state index in [4.69, 9.17) is 5.10 Å². The molecule has 0 bridgehead atoms. The van der Waals surface area contributed by atoms with E-state index < -0.39 is 0 Å². The quantitative estimate of drug-likeness (QED) is 0.220. The third-order valence-corrected chi connectivity index (χ3v) is 6.68. The minimum absolute atomic E-state index is 0.0653. The highest BCUT2D eigenvalue weighted by molar-refractivity contribution is 6.04. The molecule has 0 saturated carbocycles. The average Bonchev–Trinajstić information content (AvgIpc) is 3.43. The summed E-state index contributed by atoms with van der Waals surface area (Å²) >= 11 is 0. The number of pyridine rings is 1. The number of aromatic nitrogens is 1. The van der Waals surface area contributed by atoms with Crippen LogP contribution in [-0.4, -0.2) is 22.8 Å². The van der Waals surface area contributed by atoms with Gasteiger partial charge >= 0.3 is 0 Å². The van der Waals surface area contributed by atoms with Crippen molar-refractivity contribution in [1.82, 2.24) is 10.4 Å². The number of fused-ring (bicyclic) bond motifs is 1. The van der Waals surface area contributed by atoms with E-state index in [2.05, 4.69) is 87.3 Å². The van der Waals surface area contributed by atoms with Crippen molar-refractivity contribution >= 4 is 34.3 Å². The maximum atomic E-state index is 12.2. The van der Waals surface area contributed by atoms with Gasteiger partial charge in [-0.15, -0.1) is 0 Å². The van der Waals surface area contributed by atoms with Crippen molar-refractivity contribution in [2.75, 3.05) is 5.01 Å². The minimum Gasteiger partial charge on any atom is -0.267 e. The Bertz CT molecular complexity index is 1620. The molecule has 6 heteroatoms. The Kier molecular flexibility index (Phi) is 6.43. The molecule has 1 amide bonds. The van der Waals surface area contributed by atoms with Crippen molar-refractivity contribution < 1.29 is 4.79 Å². The van der Waals surface area contributed by atoms with E-state index in [0.29, 0.717) is 5.56 Å². The molecule has 2 heterocycles. The standard InChI is InChI=1S/C32H25N5O/c38-32(26-17-19-33-20-18-26)35-34-22-23-13-15-27(16-14-23)37-31(21-30(36-37)25-8-2-1-3-9-25)29-12-6-10-24-7-4-5-11-28(24)29/h1-20,22,31H,21H2,(H,35,38)/b34-22+. The van der Waals surface area contributed by atoms with Crippen molar-refractivity contribution in [2.24, 2.45) is 10.2 Å². The molecule has 38 heavy (non-hydrogen) atoms. The zero-order valence-corrected chi connectivity index (χ0v) is 20.6. The second kappa shape index (κ2) is 10.5. The van der Waals surface area contributed by atoms with Crippen molar-refractivity contribution in [3.63, 3.8) is 0 Å². The molecule has 1 unspecified atom stereocenters. The zero-order chi connectivity index (χ0) is 25.7. The van der Waals surface area contributed by atoms with Crippen LogP contribution in [0.2, 0.25) is 0 Å². The molecule has 1 aliphatic rings. The van der Waals surface area contributed by atoms with E-state index in [1.807, 2.05) is 30.3 Å². The third-order valence-electron chi connectivity index (χ3n) is 6.68. The van der Waals surface area contributed by atoms with Crippen LogP contribution < -0.4 is 10.4 Å². The summed E-state index contributed by atoms with van der Waals surface area (Å²) in [5.74, 6) is -0.280. The van der Waals surface area contributed by atoms with Gasteiger partial charge < -0.3 is 0 Å². The van der Waals surface area contributed by atoms with E-state index in [1.165, 1.54) is 16.3 Å². The molecule has 1 N–H and O–H groups in total. The smallest absolute Gasteiger partial charge is 0.267 e. The van der Waals surface area contributed by atoms with Crippen LogP contribution >= 0.6 is 0 Å². The Hall–Kier alpha value is -5.10. The maximum absolute atomic E-state index is 12.2. The van der Waals surface area contributed by atoms with Gasteiger partial charge in [-0.1, -0.05) is 84.9 Å². The average molecular weight is 496 g/mol. The van der Waals surface area contributed by atoms with Crippen molar-refractivity contribution in [3.8, 4) is 0 Å². The van der Waals surface area contributed by atoms with Gasteiger partial charge in [0.1, 0.15) is 0 Å². The number of amides is 1. The van der Waals surface area contributed by atoms with Crippen molar-refractivity contribution in [3.05, 3.63) is 144 Å². The summed E-state index contributed by atoms with van der Waals surface area (Å²) < 4.78 is 0. The van der Waals surface area contributed by atoms with Gasteiger partial charge in [0.2, 0.25) is 0 Å². The van der Waals surface area contributed by atoms with Crippen LogP contribution in [0.25, 0.3) is 10.8 Å². The van der Waals surface area contributed by atoms with Gasteiger partial charge in [0.25, 0.3) is 5.91 Å². The van der Waals surface area contributed by atoms with Gasteiger partial charge in [-0.05, 0) is 51.7 Å². The topological polar surface area (TPSA) is 70.0 Å². The lowest BCUT2D eigenvalue weighted by atomic mass is 9.94. The molecule has 5 aromatic rings. The Morgan fingerprint density at radius 2 is 1.58 bits per heavy atom. The van der Waals surface area contributed by atoms with Gasteiger partial charge in [0.05, 0.1) is 23.7 Å². The van der Waals surface area contributed by atoms with Gasteiger partial charge in [0.15, 0.2) is 0 Å². The Morgan fingerprint density at radius 1 is 0.842 bits per heavy atom. The number of hydrogen-bond acceptors (Lipinski definition) is 5. The van der Waals surface area contributed by atoms with Crippen LogP contribution in [0.5, 0.6) is 0 Å². The molecular formula is C32H25N5O. The summed E-state index contributed by atoms with van der Waals surface area (Å²) in [6.07, 6.45) is 5.59. The van der Waals surface area contributed by atoms with E-state index in [9.17, 15) is 4.79 Å². The molecule has 0 radical (unpaired) electrons. The first-order valence-electron chi connectivity index (χ1n) is 12.5. The molecule has 6 rings (SSSR count). The number of nitrogens with zero attached hydrogens (tertiary/aromatic N) is 4. The molecule has 1 atom stereocenters. The highest BCUT2D eigenvalue weighted by atomic mass is 16.2. The van der Waals surface area contributed by atoms with Crippen LogP contribution in [0.3, 0.4) is 0 Å². The van der Waals surface area contributed by atoms with E-state index >= 15 is 0 Å². The molecule has 4 aromatic carbocycles. The Balaban J connectivity index is 1.28. The molecule has 1 aliphatic heterocycles. The summed E-state index contributed by atoms with van der Waals surface area (Å²) in [5, 5.41) is 13.8. The molecule has 0 aliphatic carbocycles. The Labute approximate surface area is 221 Å². The fraction of sp³-hybridized carbons (Fsp3) is 0.0625. The van der Waals surface area contributed by atoms with Crippen LogP contribution in [0.15, 0.2) is 132 Å². The summed E-state index contributed by atoms with van der Waals surface area (Å²) in [4.78, 5) is 16.1. The van der Waals surface area contributed by atoms with Crippen LogP contribution in [0.4, 0.5) is 5.69 Å². The fourth-order valence-corrected chi connectivity index (χ4v) is 4.78. The number of hydrazone groups is 2. The minimum atomic E-state index is -0.280. The number of benzene rings is 4. The second-order valence-electron chi connectivity index (χ2n) is 9.07. The van der Waals surface area contributed by atoms with Crippen LogP contribution in [-0.2, 0) is 0 Å². The second-order valence-corrected chi connectivity index (χ2v) is 9.07. The van der Waals surface area contributed by atoms with Crippen LogP contribution in [0, 0.1) is 0 Å². The molecule has 0 fully saturated rings. The number of carbonyl (C=O) groups excluding carboxylic acids is 1. The van der Waals surface area contributed by atoms with Gasteiger partial charge in [-0.25, -0.2) is 5.43 Å². The molecule has 0 saturated heterocycles. The van der Waals surface area contributed by atoms with E-state index in [-0.39, 0.29) is 11.9 Å². The molecule has 0 spiro atoms. The number of anilines is 1. The number of nitrogens with one attached hydrogen (secondary N) is 1. The van der Waals surface area contributed by atoms with Crippen LogP contribution in [0.1, 0.15) is 39.5 Å². The monoisotopic (exact) mass is 495 g/mol. The normalized spacial score (nSPS) is 15.1. The molecule has 184 valence electrons. The van der Waals surface area contributed by atoms with Crippen molar-refractivity contribution in [1.29, 1.82) is 0 Å². The SMILES string of the molecule is O=C(N/N=C/c1ccc(N2N=C(c3ccccc3)CC2c2cccc3ccccc23)cc1)c1ccncc1. The number of rotatable bonds is 6. The van der Waals surface area contributed by atoms with Gasteiger partial charge in [0, 0.05) is 24.4 Å². The first-order valence-corrected chi connectivity index (χ1v) is 12.5. The lowest BCUT2D eigenvalue weighted by Gasteiger charge is -2.25. The lowest BCUT2D eigenvalue weighted by Crippen LogP contribution is -2.19.